The Hall–Kier alpha value is -2.91. The fraction of sp³-hybridized carbons (Fsp3) is 0.269. The minimum atomic E-state index is -0.731. The molecule has 3 aromatic rings. The summed E-state index contributed by atoms with van der Waals surface area (Å²) in [7, 11) is 0. The van der Waals surface area contributed by atoms with Crippen molar-refractivity contribution in [2.75, 3.05) is 13.2 Å². The van der Waals surface area contributed by atoms with E-state index in [0.29, 0.717) is 13.2 Å². The summed E-state index contributed by atoms with van der Waals surface area (Å²) in [6, 6.07) is 30.9. The molecule has 4 rings (SSSR count). The van der Waals surface area contributed by atoms with Gasteiger partial charge in [0.25, 0.3) is 0 Å². The highest BCUT2D eigenvalue weighted by Crippen LogP contribution is 2.45. The molecule has 2 atom stereocenters. The molecule has 148 valence electrons. The number of carbonyl (C=O) groups is 1. The molecule has 3 nitrogen and oxygen atoms in total. The standard InChI is InChI=1S/C26H26O3/c1-2-28-25(27)24-18-20(24)19-29-26(21-12-6-3-7-13-21,22-14-8-4-9-15-22)23-16-10-5-11-17-23/h3-17,20,24H,2,18-19H2,1H3/t20-,24-/m1/s1. The van der Waals surface area contributed by atoms with Crippen LogP contribution in [0.4, 0.5) is 0 Å². The quantitative estimate of drug-likeness (QED) is 0.395. The van der Waals surface area contributed by atoms with Crippen LogP contribution in [0.3, 0.4) is 0 Å². The van der Waals surface area contributed by atoms with Crippen LogP contribution in [0.25, 0.3) is 0 Å². The monoisotopic (exact) mass is 386 g/mol. The highest BCUT2D eigenvalue weighted by molar-refractivity contribution is 5.75. The highest BCUT2D eigenvalue weighted by Gasteiger charge is 2.47. The molecule has 0 bridgehead atoms. The second kappa shape index (κ2) is 8.62. The Morgan fingerprint density at radius 1 is 0.828 bits per heavy atom. The first-order chi connectivity index (χ1) is 14.3. The Kier molecular flexibility index (Phi) is 5.77. The molecule has 0 N–H and O–H groups in total. The van der Waals surface area contributed by atoms with Crippen molar-refractivity contribution >= 4 is 5.97 Å². The summed E-state index contributed by atoms with van der Waals surface area (Å²) in [5, 5.41) is 0. The van der Waals surface area contributed by atoms with Gasteiger partial charge < -0.3 is 9.47 Å². The Bertz CT molecular complexity index is 825. The van der Waals surface area contributed by atoms with Crippen molar-refractivity contribution in [3.63, 3.8) is 0 Å². The maximum atomic E-state index is 12.1. The van der Waals surface area contributed by atoms with Crippen molar-refractivity contribution in [1.29, 1.82) is 0 Å². The molecule has 0 spiro atoms. The number of esters is 1. The fourth-order valence-electron chi connectivity index (χ4n) is 3.97. The van der Waals surface area contributed by atoms with Gasteiger partial charge in [-0.2, -0.15) is 0 Å². The molecule has 1 saturated carbocycles. The van der Waals surface area contributed by atoms with E-state index in [-0.39, 0.29) is 17.8 Å². The topological polar surface area (TPSA) is 35.5 Å². The molecule has 1 aliphatic carbocycles. The molecule has 1 aliphatic rings. The van der Waals surface area contributed by atoms with E-state index < -0.39 is 5.60 Å². The first-order valence-electron chi connectivity index (χ1n) is 10.2. The van der Waals surface area contributed by atoms with E-state index in [9.17, 15) is 4.79 Å². The van der Waals surface area contributed by atoms with E-state index in [0.717, 1.165) is 23.1 Å². The second-order valence-corrected chi connectivity index (χ2v) is 7.44. The summed E-state index contributed by atoms with van der Waals surface area (Å²) >= 11 is 0. The third-order valence-corrected chi connectivity index (χ3v) is 5.57. The van der Waals surface area contributed by atoms with Crippen LogP contribution in [0.2, 0.25) is 0 Å². The summed E-state index contributed by atoms with van der Waals surface area (Å²) in [4.78, 5) is 12.1. The zero-order valence-electron chi connectivity index (χ0n) is 16.7. The van der Waals surface area contributed by atoms with Crippen LogP contribution in [0.1, 0.15) is 30.0 Å². The molecule has 29 heavy (non-hydrogen) atoms. The van der Waals surface area contributed by atoms with E-state index >= 15 is 0 Å². The first-order valence-corrected chi connectivity index (χ1v) is 10.2. The summed E-state index contributed by atoms with van der Waals surface area (Å²) in [6.45, 7) is 2.77. The molecule has 0 heterocycles. The van der Waals surface area contributed by atoms with Gasteiger partial charge in [0.1, 0.15) is 5.60 Å². The van der Waals surface area contributed by atoms with Crippen LogP contribution in [-0.4, -0.2) is 19.2 Å². The Labute approximate surface area is 172 Å². The van der Waals surface area contributed by atoms with Gasteiger partial charge in [-0.05, 0) is 36.0 Å². The van der Waals surface area contributed by atoms with Gasteiger partial charge in [0.15, 0.2) is 0 Å². The largest absolute Gasteiger partial charge is 0.466 e. The van der Waals surface area contributed by atoms with Gasteiger partial charge in [-0.3, -0.25) is 4.79 Å². The SMILES string of the molecule is CCOC(=O)[C@@H]1C[C@@H]1COC(c1ccccc1)(c1ccccc1)c1ccccc1. The lowest BCUT2D eigenvalue weighted by atomic mass is 9.80. The molecule has 0 unspecified atom stereocenters. The normalized spacial score (nSPS) is 18.2. The maximum absolute atomic E-state index is 12.1. The minimum Gasteiger partial charge on any atom is -0.466 e. The van der Waals surface area contributed by atoms with Gasteiger partial charge in [0, 0.05) is 0 Å². The van der Waals surface area contributed by atoms with Gasteiger partial charge >= 0.3 is 5.97 Å². The van der Waals surface area contributed by atoms with Crippen molar-refractivity contribution in [2.24, 2.45) is 11.8 Å². The van der Waals surface area contributed by atoms with Gasteiger partial charge in [0.2, 0.25) is 0 Å². The summed E-state index contributed by atoms with van der Waals surface area (Å²) in [6.07, 6.45) is 0.827. The Morgan fingerprint density at radius 2 is 1.28 bits per heavy atom. The molecule has 0 aliphatic heterocycles. The molecule has 0 saturated heterocycles. The number of hydrogen-bond acceptors (Lipinski definition) is 3. The third-order valence-electron chi connectivity index (χ3n) is 5.57. The average molecular weight is 386 g/mol. The van der Waals surface area contributed by atoms with E-state index in [1.165, 1.54) is 0 Å². The number of carbonyl (C=O) groups excluding carboxylic acids is 1. The molecular weight excluding hydrogens is 360 g/mol. The van der Waals surface area contributed by atoms with Crippen molar-refractivity contribution in [2.45, 2.75) is 18.9 Å². The number of hydrogen-bond donors (Lipinski definition) is 0. The second-order valence-electron chi connectivity index (χ2n) is 7.44. The Balaban J connectivity index is 1.72. The molecule has 0 aromatic heterocycles. The fourth-order valence-corrected chi connectivity index (χ4v) is 3.97. The molecule has 0 radical (unpaired) electrons. The molecule has 3 heteroatoms. The number of benzene rings is 3. The highest BCUT2D eigenvalue weighted by atomic mass is 16.5. The summed E-state index contributed by atoms with van der Waals surface area (Å²) in [5.74, 6) is 0.0466. The van der Waals surface area contributed by atoms with Crippen molar-refractivity contribution in [1.82, 2.24) is 0 Å². The number of ether oxygens (including phenoxy) is 2. The van der Waals surface area contributed by atoms with E-state index in [1.807, 2.05) is 61.5 Å². The molecular formula is C26H26O3. The van der Waals surface area contributed by atoms with Crippen LogP contribution in [0.5, 0.6) is 0 Å². The Morgan fingerprint density at radius 3 is 1.69 bits per heavy atom. The number of rotatable bonds is 8. The molecule has 1 fully saturated rings. The van der Waals surface area contributed by atoms with Crippen molar-refractivity contribution < 1.29 is 14.3 Å². The van der Waals surface area contributed by atoms with Gasteiger partial charge in [-0.1, -0.05) is 91.0 Å². The lowest BCUT2D eigenvalue weighted by Crippen LogP contribution is -2.34. The summed E-state index contributed by atoms with van der Waals surface area (Å²) in [5.41, 5.74) is 2.49. The first kappa shape index (κ1) is 19.4. The smallest absolute Gasteiger partial charge is 0.309 e. The van der Waals surface area contributed by atoms with Gasteiger partial charge in [-0.15, -0.1) is 0 Å². The lowest BCUT2D eigenvalue weighted by Gasteiger charge is -2.36. The van der Waals surface area contributed by atoms with Crippen LogP contribution in [0.15, 0.2) is 91.0 Å². The van der Waals surface area contributed by atoms with Gasteiger partial charge in [-0.25, -0.2) is 0 Å². The lowest BCUT2D eigenvalue weighted by molar-refractivity contribution is -0.145. The maximum Gasteiger partial charge on any atom is 0.309 e. The van der Waals surface area contributed by atoms with E-state index in [2.05, 4.69) is 36.4 Å². The predicted molar refractivity (Wildman–Crippen MR) is 113 cm³/mol. The van der Waals surface area contributed by atoms with E-state index in [4.69, 9.17) is 9.47 Å². The average Bonchev–Trinajstić information content (AvgIpc) is 3.57. The molecule has 3 aromatic carbocycles. The summed E-state index contributed by atoms with van der Waals surface area (Å²) < 4.78 is 12.0. The van der Waals surface area contributed by atoms with Crippen LogP contribution < -0.4 is 0 Å². The zero-order valence-corrected chi connectivity index (χ0v) is 16.7. The van der Waals surface area contributed by atoms with E-state index in [1.54, 1.807) is 0 Å². The van der Waals surface area contributed by atoms with Crippen molar-refractivity contribution in [3.8, 4) is 0 Å². The van der Waals surface area contributed by atoms with Crippen LogP contribution in [0, 0.1) is 11.8 Å². The van der Waals surface area contributed by atoms with Gasteiger partial charge in [0.05, 0.1) is 19.1 Å². The molecule has 0 amide bonds. The minimum absolute atomic E-state index is 0.0463. The van der Waals surface area contributed by atoms with Crippen molar-refractivity contribution in [3.05, 3.63) is 108 Å². The predicted octanol–water partition coefficient (Wildman–Crippen LogP) is 5.19. The third kappa shape index (κ3) is 3.96. The zero-order chi connectivity index (χ0) is 20.1. The van der Waals surface area contributed by atoms with Crippen LogP contribution in [-0.2, 0) is 19.9 Å². The van der Waals surface area contributed by atoms with Crippen LogP contribution >= 0.6 is 0 Å².